The second-order valence-corrected chi connectivity index (χ2v) is 8.32. The average molecular weight is 372 g/mol. The van der Waals surface area contributed by atoms with Crippen molar-refractivity contribution in [2.24, 2.45) is 5.92 Å². The smallest absolute Gasteiger partial charge is 0.241 e. The summed E-state index contributed by atoms with van der Waals surface area (Å²) in [5, 5.41) is 4.48. The number of carbonyl (C=O) groups excluding carboxylic acids is 1. The van der Waals surface area contributed by atoms with E-state index in [2.05, 4.69) is 39.3 Å². The van der Waals surface area contributed by atoms with Gasteiger partial charge in [0.2, 0.25) is 5.91 Å². The molecule has 0 saturated carbocycles. The van der Waals surface area contributed by atoms with Gasteiger partial charge in [0.25, 0.3) is 0 Å². The minimum Gasteiger partial charge on any atom is -0.345 e. The third-order valence-electron chi connectivity index (χ3n) is 5.79. The summed E-state index contributed by atoms with van der Waals surface area (Å²) < 4.78 is 1.22. The first kappa shape index (κ1) is 16.4. The Hall–Kier alpha value is -1.74. The predicted octanol–water partition coefficient (Wildman–Crippen LogP) is 0.399. The molecule has 7 nitrogen and oxygen atoms in total. The number of nitrogens with one attached hydrogen (secondary N) is 3. The van der Waals surface area contributed by atoms with Crippen LogP contribution in [0, 0.1) is 5.92 Å². The highest BCUT2D eigenvalue weighted by Gasteiger charge is 2.43. The minimum atomic E-state index is -0.109. The van der Waals surface area contributed by atoms with Crippen molar-refractivity contribution in [1.82, 2.24) is 26.1 Å². The van der Waals surface area contributed by atoms with Crippen LogP contribution in [0.25, 0.3) is 10.2 Å². The molecule has 0 bridgehead atoms. The van der Waals surface area contributed by atoms with Crippen LogP contribution in [-0.2, 0) is 4.79 Å². The first-order valence-electron chi connectivity index (χ1n) is 9.41. The lowest BCUT2D eigenvalue weighted by Gasteiger charge is -2.37. The van der Waals surface area contributed by atoms with Crippen molar-refractivity contribution in [2.75, 3.05) is 44.2 Å². The van der Waals surface area contributed by atoms with E-state index in [0.717, 1.165) is 56.3 Å². The fourth-order valence-corrected chi connectivity index (χ4v) is 5.29. The highest BCUT2D eigenvalue weighted by Crippen LogP contribution is 2.29. The Labute approximate surface area is 156 Å². The van der Waals surface area contributed by atoms with E-state index in [-0.39, 0.29) is 11.9 Å². The van der Waals surface area contributed by atoms with Crippen LogP contribution in [-0.4, -0.2) is 67.1 Å². The van der Waals surface area contributed by atoms with Gasteiger partial charge in [-0.25, -0.2) is 10.4 Å². The number of piperidine rings is 1. The van der Waals surface area contributed by atoms with Gasteiger partial charge in [-0.05, 0) is 25.1 Å². The van der Waals surface area contributed by atoms with Crippen LogP contribution in [0.4, 0.5) is 5.13 Å². The number of hydrogen-bond donors (Lipinski definition) is 3. The number of anilines is 1. The van der Waals surface area contributed by atoms with Crippen molar-refractivity contribution < 1.29 is 4.79 Å². The zero-order chi connectivity index (χ0) is 17.5. The topological polar surface area (TPSA) is 72.5 Å². The van der Waals surface area contributed by atoms with Gasteiger partial charge in [0.05, 0.1) is 10.2 Å². The molecule has 1 aromatic heterocycles. The molecule has 4 heterocycles. The van der Waals surface area contributed by atoms with Crippen LogP contribution in [0.1, 0.15) is 6.42 Å². The Morgan fingerprint density at radius 1 is 1.15 bits per heavy atom. The molecule has 3 N–H and O–H groups in total. The number of amides is 1. The molecule has 26 heavy (non-hydrogen) atoms. The number of rotatable bonds is 2. The number of fused-ring (bicyclic) bond motifs is 2. The Balaban J connectivity index is 1.23. The van der Waals surface area contributed by atoms with Crippen molar-refractivity contribution in [1.29, 1.82) is 0 Å². The van der Waals surface area contributed by atoms with Gasteiger partial charge < -0.3 is 15.1 Å². The van der Waals surface area contributed by atoms with Crippen molar-refractivity contribution in [3.63, 3.8) is 0 Å². The number of para-hydroxylation sites is 1. The van der Waals surface area contributed by atoms with Crippen LogP contribution in [0.5, 0.6) is 0 Å². The SMILES string of the molecule is O=C(C1NNC2CCNCC21)N1CCN(c2nc3ccccc3s2)CC1. The number of hydrazine groups is 1. The molecule has 3 unspecified atom stereocenters. The van der Waals surface area contributed by atoms with Crippen molar-refractivity contribution in [3.8, 4) is 0 Å². The molecule has 8 heteroatoms. The zero-order valence-corrected chi connectivity index (χ0v) is 15.5. The van der Waals surface area contributed by atoms with Gasteiger partial charge >= 0.3 is 0 Å². The number of thiazole rings is 1. The fourth-order valence-electron chi connectivity index (χ4n) is 4.27. The fraction of sp³-hybridized carbons (Fsp3) is 0.556. The summed E-state index contributed by atoms with van der Waals surface area (Å²) in [5.74, 6) is 0.580. The van der Waals surface area contributed by atoms with Gasteiger partial charge in [-0.2, -0.15) is 0 Å². The molecule has 2 aromatic rings. The summed E-state index contributed by atoms with van der Waals surface area (Å²) in [7, 11) is 0. The molecule has 3 aliphatic heterocycles. The standard InChI is InChI=1S/C18H24N6OS/c25-17(16-12-11-19-6-5-13(12)21-22-16)23-7-9-24(10-8-23)18-20-14-3-1-2-4-15(14)26-18/h1-4,12-13,16,19,21-22H,5-11H2. The summed E-state index contributed by atoms with van der Waals surface area (Å²) in [6, 6.07) is 8.55. The summed E-state index contributed by atoms with van der Waals surface area (Å²) in [5.41, 5.74) is 7.63. The molecule has 0 spiro atoms. The summed E-state index contributed by atoms with van der Waals surface area (Å²) in [6.07, 6.45) is 1.08. The minimum absolute atomic E-state index is 0.109. The number of carbonyl (C=O) groups is 1. The molecule has 138 valence electrons. The van der Waals surface area contributed by atoms with E-state index in [1.165, 1.54) is 4.70 Å². The lowest BCUT2D eigenvalue weighted by atomic mass is 9.89. The summed E-state index contributed by atoms with van der Waals surface area (Å²) in [6.45, 7) is 5.15. The Bertz CT molecular complexity index is 769. The molecule has 3 fully saturated rings. The second-order valence-electron chi connectivity index (χ2n) is 7.31. The van der Waals surface area contributed by atoms with Gasteiger partial charge in [-0.3, -0.25) is 10.2 Å². The maximum atomic E-state index is 13.0. The van der Waals surface area contributed by atoms with Gasteiger partial charge in [-0.1, -0.05) is 23.5 Å². The summed E-state index contributed by atoms with van der Waals surface area (Å²) >= 11 is 1.73. The molecule has 3 atom stereocenters. The quantitative estimate of drug-likeness (QED) is 0.709. The van der Waals surface area contributed by atoms with E-state index in [4.69, 9.17) is 4.98 Å². The van der Waals surface area contributed by atoms with Gasteiger partial charge in [-0.15, -0.1) is 0 Å². The molecule has 0 aliphatic carbocycles. The van der Waals surface area contributed by atoms with E-state index in [1.807, 2.05) is 11.0 Å². The zero-order valence-electron chi connectivity index (χ0n) is 14.6. The molecular formula is C18H24N6OS. The monoisotopic (exact) mass is 372 g/mol. The number of nitrogens with zero attached hydrogens (tertiary/aromatic N) is 3. The molecule has 0 radical (unpaired) electrons. The number of hydrogen-bond acceptors (Lipinski definition) is 7. The van der Waals surface area contributed by atoms with Crippen molar-refractivity contribution in [2.45, 2.75) is 18.5 Å². The van der Waals surface area contributed by atoms with Crippen LogP contribution < -0.4 is 21.1 Å². The number of piperazine rings is 1. The van der Waals surface area contributed by atoms with E-state index in [0.29, 0.717) is 12.0 Å². The van der Waals surface area contributed by atoms with E-state index < -0.39 is 0 Å². The Morgan fingerprint density at radius 2 is 2.00 bits per heavy atom. The van der Waals surface area contributed by atoms with Crippen LogP contribution in [0.2, 0.25) is 0 Å². The largest absolute Gasteiger partial charge is 0.345 e. The van der Waals surface area contributed by atoms with Gasteiger partial charge in [0.1, 0.15) is 6.04 Å². The number of benzene rings is 1. The molecule has 3 aliphatic rings. The van der Waals surface area contributed by atoms with Gasteiger partial charge in [0.15, 0.2) is 5.13 Å². The molecular weight excluding hydrogens is 348 g/mol. The first-order chi connectivity index (χ1) is 12.8. The van der Waals surface area contributed by atoms with Crippen LogP contribution >= 0.6 is 11.3 Å². The maximum absolute atomic E-state index is 13.0. The summed E-state index contributed by atoms with van der Waals surface area (Å²) in [4.78, 5) is 22.1. The van der Waals surface area contributed by atoms with E-state index >= 15 is 0 Å². The molecule has 1 amide bonds. The first-order valence-corrected chi connectivity index (χ1v) is 10.2. The lowest BCUT2D eigenvalue weighted by Crippen LogP contribution is -2.56. The normalized spacial score (nSPS) is 29.2. The van der Waals surface area contributed by atoms with E-state index in [9.17, 15) is 4.79 Å². The van der Waals surface area contributed by atoms with E-state index in [1.54, 1.807) is 11.3 Å². The lowest BCUT2D eigenvalue weighted by molar-refractivity contribution is -0.134. The third kappa shape index (κ3) is 2.87. The highest BCUT2D eigenvalue weighted by molar-refractivity contribution is 7.22. The predicted molar refractivity (Wildman–Crippen MR) is 103 cm³/mol. The Kier molecular flexibility index (Phi) is 4.28. The molecule has 5 rings (SSSR count). The average Bonchev–Trinajstić information content (AvgIpc) is 3.32. The van der Waals surface area contributed by atoms with Crippen LogP contribution in [0.3, 0.4) is 0 Å². The van der Waals surface area contributed by atoms with Crippen molar-refractivity contribution >= 4 is 32.6 Å². The maximum Gasteiger partial charge on any atom is 0.241 e. The Morgan fingerprint density at radius 3 is 2.85 bits per heavy atom. The molecule has 3 saturated heterocycles. The van der Waals surface area contributed by atoms with Crippen LogP contribution in [0.15, 0.2) is 24.3 Å². The second kappa shape index (κ2) is 6.77. The number of aromatic nitrogens is 1. The van der Waals surface area contributed by atoms with Crippen molar-refractivity contribution in [3.05, 3.63) is 24.3 Å². The highest BCUT2D eigenvalue weighted by atomic mass is 32.1. The van der Waals surface area contributed by atoms with Gasteiger partial charge in [0, 0.05) is 44.7 Å². The molecule has 1 aromatic carbocycles. The third-order valence-corrected chi connectivity index (χ3v) is 6.89.